The fourth-order valence-electron chi connectivity index (χ4n) is 5.02. The summed E-state index contributed by atoms with van der Waals surface area (Å²) in [5.41, 5.74) is 9.23. The van der Waals surface area contributed by atoms with E-state index < -0.39 is 17.9 Å². The van der Waals surface area contributed by atoms with Gasteiger partial charge in [0.05, 0.1) is 24.2 Å². The van der Waals surface area contributed by atoms with E-state index in [0.29, 0.717) is 32.4 Å². The predicted octanol–water partition coefficient (Wildman–Crippen LogP) is 1.36. The van der Waals surface area contributed by atoms with E-state index in [0.717, 1.165) is 22.2 Å². The van der Waals surface area contributed by atoms with Crippen molar-refractivity contribution in [2.45, 2.75) is 39.2 Å². The summed E-state index contributed by atoms with van der Waals surface area (Å²) in [6.07, 6.45) is 7.07. The number of rotatable bonds is 11. The number of para-hydroxylation sites is 1. The van der Waals surface area contributed by atoms with Crippen LogP contribution in [0, 0.1) is 17.8 Å². The Morgan fingerprint density at radius 3 is 2.38 bits per heavy atom. The molecule has 0 saturated carbocycles. The number of nitrogens with zero attached hydrogens (tertiary/aromatic N) is 2. The summed E-state index contributed by atoms with van der Waals surface area (Å²) in [6.45, 7) is 5.23. The topological polar surface area (TPSA) is 149 Å². The van der Waals surface area contributed by atoms with Crippen molar-refractivity contribution < 1.29 is 14.4 Å². The molecule has 0 bridgehead atoms. The summed E-state index contributed by atoms with van der Waals surface area (Å²) in [6, 6.07) is 7.38. The summed E-state index contributed by atoms with van der Waals surface area (Å²) in [5.74, 6) is -1.66. The Labute approximate surface area is 216 Å². The molecule has 1 aliphatic heterocycles. The van der Waals surface area contributed by atoms with Crippen molar-refractivity contribution >= 4 is 28.6 Å². The fourth-order valence-corrected chi connectivity index (χ4v) is 5.02. The first-order chi connectivity index (χ1) is 17.8. The number of aromatic nitrogens is 3. The number of aromatic amines is 2. The molecule has 37 heavy (non-hydrogen) atoms. The van der Waals surface area contributed by atoms with Crippen LogP contribution in [0.4, 0.5) is 0 Å². The summed E-state index contributed by atoms with van der Waals surface area (Å²) < 4.78 is 0. The van der Waals surface area contributed by atoms with Crippen LogP contribution in [0.1, 0.15) is 31.5 Å². The van der Waals surface area contributed by atoms with Crippen LogP contribution in [0.3, 0.4) is 0 Å². The third-order valence-electron chi connectivity index (χ3n) is 6.96. The first kappa shape index (κ1) is 26.4. The van der Waals surface area contributed by atoms with Crippen molar-refractivity contribution in [3.8, 4) is 0 Å². The zero-order chi connectivity index (χ0) is 26.4. The monoisotopic (exact) mass is 507 g/mol. The number of likely N-dealkylation sites (tertiary alicyclic amines) is 1. The molecule has 0 unspecified atom stereocenters. The highest BCUT2D eigenvalue weighted by molar-refractivity contribution is 5.91. The number of amides is 3. The van der Waals surface area contributed by atoms with Crippen LogP contribution in [0.2, 0.25) is 0 Å². The average Bonchev–Trinajstić information content (AvgIpc) is 3.63. The number of carbonyl (C=O) groups excluding carboxylic acids is 3. The van der Waals surface area contributed by atoms with Crippen LogP contribution in [0.15, 0.2) is 43.0 Å². The molecule has 10 heteroatoms. The second kappa shape index (κ2) is 12.1. The van der Waals surface area contributed by atoms with Crippen molar-refractivity contribution in [3.63, 3.8) is 0 Å². The normalized spacial score (nSPS) is 18.3. The molecule has 3 heterocycles. The van der Waals surface area contributed by atoms with Crippen LogP contribution < -0.4 is 16.4 Å². The Bertz CT molecular complexity index is 1200. The van der Waals surface area contributed by atoms with E-state index in [1.165, 1.54) is 0 Å². The molecule has 1 fully saturated rings. The number of imidazole rings is 1. The van der Waals surface area contributed by atoms with Gasteiger partial charge >= 0.3 is 0 Å². The van der Waals surface area contributed by atoms with E-state index in [9.17, 15) is 14.4 Å². The number of H-pyrrole nitrogens is 2. The lowest BCUT2D eigenvalue weighted by Gasteiger charge is -2.22. The standard InChI is InChI=1S/C27H37N7O3/c1-17(2)11-23(28)27(37)34-14-21(22(15-34)26(36)31-10-8-19-13-29-16-33-19)25(35)30-9-7-18-12-32-24-6-4-3-5-20(18)24/h3-6,12-13,16-17,21-23,32H,7-11,14-15,28H2,1-2H3,(H,29,33)(H,30,35)(H,31,36)/t21-,22-,23+/m1/s1. The van der Waals surface area contributed by atoms with Crippen LogP contribution >= 0.6 is 0 Å². The first-order valence-corrected chi connectivity index (χ1v) is 13.0. The SMILES string of the molecule is CC(C)C[C@H](N)C(=O)N1C[C@@H](C(=O)NCCc2cnc[nH]2)[C@H](C(=O)NCCc2c[nH]c3ccccc23)C1. The van der Waals surface area contributed by atoms with Crippen LogP contribution in [0.25, 0.3) is 10.9 Å². The minimum Gasteiger partial charge on any atom is -0.361 e. The van der Waals surface area contributed by atoms with Crippen molar-refractivity contribution in [3.05, 3.63) is 54.2 Å². The van der Waals surface area contributed by atoms with Crippen LogP contribution in [-0.2, 0) is 27.2 Å². The third-order valence-corrected chi connectivity index (χ3v) is 6.96. The highest BCUT2D eigenvalue weighted by atomic mass is 16.2. The van der Waals surface area contributed by atoms with Crippen molar-refractivity contribution in [2.24, 2.45) is 23.5 Å². The van der Waals surface area contributed by atoms with Crippen molar-refractivity contribution in [2.75, 3.05) is 26.2 Å². The van der Waals surface area contributed by atoms with Gasteiger partial charge < -0.3 is 31.2 Å². The number of carbonyl (C=O) groups is 3. The zero-order valence-corrected chi connectivity index (χ0v) is 21.5. The summed E-state index contributed by atoms with van der Waals surface area (Å²) >= 11 is 0. The molecule has 10 nitrogen and oxygen atoms in total. The minimum atomic E-state index is -0.646. The van der Waals surface area contributed by atoms with Gasteiger partial charge in [0.15, 0.2) is 0 Å². The van der Waals surface area contributed by atoms with E-state index in [1.54, 1.807) is 17.4 Å². The van der Waals surface area contributed by atoms with E-state index in [-0.39, 0.29) is 36.7 Å². The second-order valence-electron chi connectivity index (χ2n) is 10.2. The van der Waals surface area contributed by atoms with Gasteiger partial charge in [-0.2, -0.15) is 0 Å². The van der Waals surface area contributed by atoms with Gasteiger partial charge in [0.2, 0.25) is 17.7 Å². The Kier molecular flexibility index (Phi) is 8.60. The molecule has 4 rings (SSSR count). The lowest BCUT2D eigenvalue weighted by molar-refractivity contribution is -0.132. The molecule has 198 valence electrons. The molecular weight excluding hydrogens is 470 g/mol. The van der Waals surface area contributed by atoms with E-state index in [2.05, 4.69) is 25.6 Å². The van der Waals surface area contributed by atoms with Gasteiger partial charge in [0, 0.05) is 61.6 Å². The minimum absolute atomic E-state index is 0.182. The molecule has 1 aliphatic rings. The number of nitrogens with one attached hydrogen (secondary N) is 4. The molecular formula is C27H37N7O3. The number of hydrogen-bond acceptors (Lipinski definition) is 5. The molecule has 3 aromatic rings. The molecule has 0 spiro atoms. The molecule has 6 N–H and O–H groups in total. The Morgan fingerprint density at radius 1 is 1.05 bits per heavy atom. The Morgan fingerprint density at radius 2 is 1.73 bits per heavy atom. The van der Waals surface area contributed by atoms with Gasteiger partial charge in [0.25, 0.3) is 0 Å². The summed E-state index contributed by atoms with van der Waals surface area (Å²) in [7, 11) is 0. The molecule has 2 aromatic heterocycles. The largest absolute Gasteiger partial charge is 0.361 e. The Hall–Kier alpha value is -3.66. The number of benzene rings is 1. The van der Waals surface area contributed by atoms with Gasteiger partial charge in [-0.05, 0) is 30.4 Å². The lowest BCUT2D eigenvalue weighted by atomic mass is 9.94. The zero-order valence-electron chi connectivity index (χ0n) is 21.5. The van der Waals surface area contributed by atoms with E-state index >= 15 is 0 Å². The van der Waals surface area contributed by atoms with Gasteiger partial charge in [0.1, 0.15) is 0 Å². The first-order valence-electron chi connectivity index (χ1n) is 13.0. The maximum Gasteiger partial charge on any atom is 0.239 e. The predicted molar refractivity (Wildman–Crippen MR) is 141 cm³/mol. The lowest BCUT2D eigenvalue weighted by Crippen LogP contribution is -2.44. The van der Waals surface area contributed by atoms with Crippen LogP contribution in [0.5, 0.6) is 0 Å². The van der Waals surface area contributed by atoms with Crippen molar-refractivity contribution in [1.82, 2.24) is 30.5 Å². The molecule has 1 saturated heterocycles. The second-order valence-corrected chi connectivity index (χ2v) is 10.2. The maximum atomic E-state index is 13.2. The highest BCUT2D eigenvalue weighted by Gasteiger charge is 2.44. The number of nitrogens with two attached hydrogens (primary N) is 1. The number of hydrogen-bond donors (Lipinski definition) is 5. The van der Waals surface area contributed by atoms with Gasteiger partial charge in [-0.15, -0.1) is 0 Å². The third kappa shape index (κ3) is 6.56. The Balaban J connectivity index is 1.38. The highest BCUT2D eigenvalue weighted by Crippen LogP contribution is 2.26. The van der Waals surface area contributed by atoms with Gasteiger partial charge in [-0.3, -0.25) is 14.4 Å². The van der Waals surface area contributed by atoms with Gasteiger partial charge in [-0.25, -0.2) is 4.98 Å². The molecule has 3 amide bonds. The van der Waals surface area contributed by atoms with E-state index in [4.69, 9.17) is 5.73 Å². The maximum absolute atomic E-state index is 13.2. The average molecular weight is 508 g/mol. The molecule has 0 aliphatic carbocycles. The van der Waals surface area contributed by atoms with Gasteiger partial charge in [-0.1, -0.05) is 32.0 Å². The molecule has 3 atom stereocenters. The van der Waals surface area contributed by atoms with E-state index in [1.807, 2.05) is 44.3 Å². The van der Waals surface area contributed by atoms with Crippen LogP contribution in [-0.4, -0.2) is 69.8 Å². The molecule has 0 radical (unpaired) electrons. The quantitative estimate of drug-likeness (QED) is 0.266. The summed E-state index contributed by atoms with van der Waals surface area (Å²) in [4.78, 5) is 51.2. The molecule has 1 aromatic carbocycles. The smallest absolute Gasteiger partial charge is 0.239 e. The number of fused-ring (bicyclic) bond motifs is 1. The summed E-state index contributed by atoms with van der Waals surface area (Å²) in [5, 5.41) is 7.05. The fraction of sp³-hybridized carbons (Fsp3) is 0.481. The van der Waals surface area contributed by atoms with Crippen molar-refractivity contribution in [1.29, 1.82) is 0 Å².